The molecule has 2 aliphatic heterocycles. The predicted octanol–water partition coefficient (Wildman–Crippen LogP) is 1.84. The molecule has 1 aromatic carbocycles. The molecule has 0 saturated carbocycles. The Morgan fingerprint density at radius 1 is 1.16 bits per heavy atom. The molecular weight excluding hydrogens is 267 g/mol. The smallest absolute Gasteiger partial charge is 0.156 e. The molecule has 0 aromatic heterocycles. The SMILES string of the molecule is O=S1(=O)C2CCC1CC(O)(Cc1ccc(F)cc1)C2. The Bertz CT molecular complexity index is 559. The van der Waals surface area contributed by atoms with Crippen LogP contribution in [0.5, 0.6) is 0 Å². The molecule has 1 N–H and O–H groups in total. The summed E-state index contributed by atoms with van der Waals surface area (Å²) in [5, 5.41) is 9.86. The lowest BCUT2D eigenvalue weighted by atomic mass is 9.87. The summed E-state index contributed by atoms with van der Waals surface area (Å²) in [4.78, 5) is 0. The van der Waals surface area contributed by atoms with Crippen LogP contribution < -0.4 is 0 Å². The van der Waals surface area contributed by atoms with Crippen molar-refractivity contribution in [1.29, 1.82) is 0 Å². The van der Waals surface area contributed by atoms with Crippen molar-refractivity contribution in [2.24, 2.45) is 0 Å². The molecule has 2 unspecified atom stereocenters. The van der Waals surface area contributed by atoms with Crippen LogP contribution in [0.1, 0.15) is 31.2 Å². The van der Waals surface area contributed by atoms with Gasteiger partial charge in [0.15, 0.2) is 9.84 Å². The number of aliphatic hydroxyl groups is 1. The van der Waals surface area contributed by atoms with Gasteiger partial charge in [0.1, 0.15) is 5.82 Å². The van der Waals surface area contributed by atoms with Crippen LogP contribution in [0.25, 0.3) is 0 Å². The Hall–Kier alpha value is -0.940. The monoisotopic (exact) mass is 284 g/mol. The summed E-state index contributed by atoms with van der Waals surface area (Å²) in [6.45, 7) is 0. The molecule has 5 heteroatoms. The van der Waals surface area contributed by atoms with E-state index in [4.69, 9.17) is 0 Å². The largest absolute Gasteiger partial charge is 0.389 e. The zero-order chi connectivity index (χ0) is 13.7. The number of rotatable bonds is 2. The standard InChI is InChI=1S/C14H17FO3S/c15-11-3-1-10(2-4-11)7-14(16)8-12-5-6-13(9-14)19(12,17)18/h1-4,12-13,16H,5-9H2. The van der Waals surface area contributed by atoms with E-state index >= 15 is 0 Å². The highest BCUT2D eigenvalue weighted by molar-refractivity contribution is 7.93. The second-order valence-electron chi connectivity index (χ2n) is 5.85. The van der Waals surface area contributed by atoms with Gasteiger partial charge in [-0.15, -0.1) is 0 Å². The van der Waals surface area contributed by atoms with E-state index in [1.165, 1.54) is 12.1 Å². The summed E-state index contributed by atoms with van der Waals surface area (Å²) in [6.07, 6.45) is 2.35. The maximum atomic E-state index is 12.9. The molecule has 2 fully saturated rings. The Balaban J connectivity index is 1.80. The molecule has 3 nitrogen and oxygen atoms in total. The lowest BCUT2D eigenvalue weighted by Gasteiger charge is -2.36. The van der Waals surface area contributed by atoms with Crippen molar-refractivity contribution < 1.29 is 17.9 Å². The van der Waals surface area contributed by atoms with E-state index < -0.39 is 25.9 Å². The number of sulfone groups is 1. The number of halogens is 1. The van der Waals surface area contributed by atoms with E-state index in [2.05, 4.69) is 0 Å². The van der Waals surface area contributed by atoms with Crippen molar-refractivity contribution in [1.82, 2.24) is 0 Å². The van der Waals surface area contributed by atoms with Gasteiger partial charge in [-0.05, 0) is 43.4 Å². The molecule has 2 bridgehead atoms. The van der Waals surface area contributed by atoms with Crippen LogP contribution in [-0.4, -0.2) is 29.6 Å². The van der Waals surface area contributed by atoms with Crippen LogP contribution in [0, 0.1) is 5.82 Å². The molecule has 0 radical (unpaired) electrons. The quantitative estimate of drug-likeness (QED) is 0.901. The fraction of sp³-hybridized carbons (Fsp3) is 0.571. The van der Waals surface area contributed by atoms with E-state index in [0.717, 1.165) is 5.56 Å². The Labute approximate surface area is 112 Å². The molecule has 104 valence electrons. The molecule has 2 saturated heterocycles. The first kappa shape index (κ1) is 13.1. The van der Waals surface area contributed by atoms with Gasteiger partial charge in [-0.25, -0.2) is 12.8 Å². The molecule has 0 spiro atoms. The van der Waals surface area contributed by atoms with Crippen molar-refractivity contribution in [2.45, 2.75) is 48.2 Å². The molecule has 2 heterocycles. The van der Waals surface area contributed by atoms with Gasteiger partial charge in [0.25, 0.3) is 0 Å². The minimum Gasteiger partial charge on any atom is -0.389 e. The second kappa shape index (κ2) is 4.28. The number of fused-ring (bicyclic) bond motifs is 2. The molecule has 1 aromatic rings. The summed E-state index contributed by atoms with van der Waals surface area (Å²) < 4.78 is 36.9. The minimum absolute atomic E-state index is 0.304. The zero-order valence-corrected chi connectivity index (χ0v) is 11.4. The first-order chi connectivity index (χ1) is 8.89. The highest BCUT2D eigenvalue weighted by Crippen LogP contribution is 2.44. The van der Waals surface area contributed by atoms with Gasteiger partial charge in [0.05, 0.1) is 16.1 Å². The fourth-order valence-electron chi connectivity index (χ4n) is 3.47. The van der Waals surface area contributed by atoms with Gasteiger partial charge >= 0.3 is 0 Å². The van der Waals surface area contributed by atoms with Gasteiger partial charge in [-0.1, -0.05) is 12.1 Å². The summed E-state index contributed by atoms with van der Waals surface area (Å²) >= 11 is 0. The van der Waals surface area contributed by atoms with Crippen molar-refractivity contribution >= 4 is 9.84 Å². The second-order valence-corrected chi connectivity index (χ2v) is 8.36. The predicted molar refractivity (Wildman–Crippen MR) is 70.0 cm³/mol. The fourth-order valence-corrected chi connectivity index (χ4v) is 6.03. The summed E-state index contributed by atoms with van der Waals surface area (Å²) in [5.74, 6) is -0.304. The third-order valence-corrected chi connectivity index (χ3v) is 7.06. The van der Waals surface area contributed by atoms with E-state index in [0.29, 0.717) is 32.1 Å². The first-order valence-electron chi connectivity index (χ1n) is 6.59. The van der Waals surface area contributed by atoms with Crippen molar-refractivity contribution in [3.63, 3.8) is 0 Å². The lowest BCUT2D eigenvalue weighted by Crippen LogP contribution is -2.46. The molecule has 0 amide bonds. The topological polar surface area (TPSA) is 54.4 Å². The molecule has 0 aliphatic carbocycles. The van der Waals surface area contributed by atoms with Crippen molar-refractivity contribution in [3.8, 4) is 0 Å². The van der Waals surface area contributed by atoms with Gasteiger partial charge in [-0.2, -0.15) is 0 Å². The zero-order valence-electron chi connectivity index (χ0n) is 10.5. The van der Waals surface area contributed by atoms with Gasteiger partial charge < -0.3 is 5.11 Å². The third-order valence-electron chi connectivity index (χ3n) is 4.40. The summed E-state index contributed by atoms with van der Waals surface area (Å²) in [7, 11) is -3.02. The Kier molecular flexibility index (Phi) is 2.94. The minimum atomic E-state index is -3.02. The molecule has 2 aliphatic rings. The summed E-state index contributed by atoms with van der Waals surface area (Å²) in [6, 6.07) is 6.04. The van der Waals surface area contributed by atoms with Crippen LogP contribution in [0.4, 0.5) is 4.39 Å². The Morgan fingerprint density at radius 3 is 2.21 bits per heavy atom. The maximum Gasteiger partial charge on any atom is 0.156 e. The lowest BCUT2D eigenvalue weighted by molar-refractivity contribution is 0.0219. The average molecular weight is 284 g/mol. The molecular formula is C14H17FO3S. The number of hydrogen-bond donors (Lipinski definition) is 1. The average Bonchev–Trinajstić information content (AvgIpc) is 2.52. The van der Waals surface area contributed by atoms with Gasteiger partial charge in [0.2, 0.25) is 0 Å². The van der Waals surface area contributed by atoms with Crippen LogP contribution in [0.3, 0.4) is 0 Å². The van der Waals surface area contributed by atoms with E-state index in [-0.39, 0.29) is 5.82 Å². The number of benzene rings is 1. The first-order valence-corrected chi connectivity index (χ1v) is 8.20. The number of hydrogen-bond acceptors (Lipinski definition) is 3. The highest BCUT2D eigenvalue weighted by Gasteiger charge is 2.52. The van der Waals surface area contributed by atoms with Crippen LogP contribution >= 0.6 is 0 Å². The van der Waals surface area contributed by atoms with E-state index in [1.807, 2.05) is 0 Å². The van der Waals surface area contributed by atoms with Crippen molar-refractivity contribution in [3.05, 3.63) is 35.6 Å². The van der Waals surface area contributed by atoms with E-state index in [9.17, 15) is 17.9 Å². The molecule has 2 atom stereocenters. The van der Waals surface area contributed by atoms with E-state index in [1.54, 1.807) is 12.1 Å². The summed E-state index contributed by atoms with van der Waals surface area (Å²) in [5.41, 5.74) is -0.114. The molecule has 19 heavy (non-hydrogen) atoms. The molecule has 3 rings (SSSR count). The highest BCUT2D eigenvalue weighted by atomic mass is 32.2. The third kappa shape index (κ3) is 2.30. The Morgan fingerprint density at radius 2 is 1.68 bits per heavy atom. The van der Waals surface area contributed by atoms with Crippen LogP contribution in [-0.2, 0) is 16.3 Å². The van der Waals surface area contributed by atoms with Gasteiger partial charge in [0, 0.05) is 6.42 Å². The van der Waals surface area contributed by atoms with Gasteiger partial charge in [-0.3, -0.25) is 0 Å². The normalized spacial score (nSPS) is 36.3. The maximum absolute atomic E-state index is 12.9. The van der Waals surface area contributed by atoms with Crippen LogP contribution in [0.2, 0.25) is 0 Å². The van der Waals surface area contributed by atoms with Crippen molar-refractivity contribution in [2.75, 3.05) is 0 Å². The van der Waals surface area contributed by atoms with Crippen LogP contribution in [0.15, 0.2) is 24.3 Å².